The molecule has 11 nitrogen and oxygen atoms in total. The Morgan fingerprint density at radius 3 is 2.61 bits per heavy atom. The number of nitrogens with zero attached hydrogens (tertiary/aromatic N) is 3. The summed E-state index contributed by atoms with van der Waals surface area (Å²) in [6.07, 6.45) is 0.642. The molecular weight excluding hydrogens is 450 g/mol. The number of hydrogen-bond donors (Lipinski definition) is 0. The quantitative estimate of drug-likeness (QED) is 0.368. The van der Waals surface area contributed by atoms with Crippen LogP contribution in [0.4, 0.5) is 5.69 Å². The average Bonchev–Trinajstić information content (AvgIpc) is 3.10. The van der Waals surface area contributed by atoms with Gasteiger partial charge in [0.15, 0.2) is 14.7 Å². The maximum atomic E-state index is 13.5. The van der Waals surface area contributed by atoms with E-state index in [-0.39, 0.29) is 30.2 Å². The molecular formula is C18H27N3O8S2. The Morgan fingerprint density at radius 2 is 2.03 bits per heavy atom. The van der Waals surface area contributed by atoms with Crippen molar-refractivity contribution in [2.45, 2.75) is 23.8 Å². The van der Waals surface area contributed by atoms with Gasteiger partial charge in [-0.2, -0.15) is 4.31 Å². The van der Waals surface area contributed by atoms with Gasteiger partial charge in [-0.25, -0.2) is 16.8 Å². The fourth-order valence-electron chi connectivity index (χ4n) is 3.89. The van der Waals surface area contributed by atoms with Gasteiger partial charge >= 0.3 is 0 Å². The molecule has 0 N–H and O–H groups in total. The molecule has 2 fully saturated rings. The highest BCUT2D eigenvalue weighted by atomic mass is 32.2. The third-order valence-electron chi connectivity index (χ3n) is 5.52. The van der Waals surface area contributed by atoms with Crippen molar-refractivity contribution >= 4 is 25.5 Å². The molecule has 2 heterocycles. The number of sulfone groups is 1. The first-order chi connectivity index (χ1) is 14.6. The van der Waals surface area contributed by atoms with Gasteiger partial charge in [-0.05, 0) is 31.5 Å². The Balaban J connectivity index is 1.89. The highest BCUT2D eigenvalue weighted by Gasteiger charge is 2.41. The molecule has 1 unspecified atom stereocenters. The Labute approximate surface area is 182 Å². The van der Waals surface area contributed by atoms with Crippen LogP contribution in [-0.2, 0) is 24.6 Å². The van der Waals surface area contributed by atoms with Crippen molar-refractivity contribution in [2.24, 2.45) is 0 Å². The number of nitro groups is 1. The van der Waals surface area contributed by atoms with Gasteiger partial charge in [-0.15, -0.1) is 0 Å². The predicted molar refractivity (Wildman–Crippen MR) is 112 cm³/mol. The summed E-state index contributed by atoms with van der Waals surface area (Å²) in [5, 5.41) is 11.6. The summed E-state index contributed by atoms with van der Waals surface area (Å²) in [7, 11) is -6.33. The molecule has 1 aromatic rings. The van der Waals surface area contributed by atoms with Crippen molar-refractivity contribution in [1.29, 1.82) is 0 Å². The van der Waals surface area contributed by atoms with Gasteiger partial charge in [-0.3, -0.25) is 15.0 Å². The Bertz CT molecular complexity index is 1010. The fourth-order valence-corrected chi connectivity index (χ4v) is 7.55. The lowest BCUT2D eigenvalue weighted by Gasteiger charge is -2.30. The first-order valence-corrected chi connectivity index (χ1v) is 13.2. The fraction of sp³-hybridized carbons (Fsp3) is 0.667. The first kappa shape index (κ1) is 23.9. The van der Waals surface area contributed by atoms with E-state index in [4.69, 9.17) is 9.47 Å². The Morgan fingerprint density at radius 1 is 1.32 bits per heavy atom. The molecule has 174 valence electrons. The number of benzene rings is 1. The second-order valence-corrected chi connectivity index (χ2v) is 11.7. The van der Waals surface area contributed by atoms with Gasteiger partial charge in [0.1, 0.15) is 5.75 Å². The van der Waals surface area contributed by atoms with E-state index in [0.717, 1.165) is 29.5 Å². The van der Waals surface area contributed by atoms with Crippen LogP contribution >= 0.6 is 0 Å². The zero-order valence-corrected chi connectivity index (χ0v) is 18.9. The van der Waals surface area contributed by atoms with E-state index >= 15 is 0 Å². The minimum atomic E-state index is -4.31. The molecule has 0 saturated carbocycles. The molecule has 0 bridgehead atoms. The Hall–Kier alpha value is -1.80. The van der Waals surface area contributed by atoms with Gasteiger partial charge in [0.05, 0.1) is 42.8 Å². The molecule has 3 rings (SSSR count). The number of hydrogen-bond acceptors (Lipinski definition) is 9. The zero-order valence-electron chi connectivity index (χ0n) is 17.3. The molecule has 0 aromatic heterocycles. The van der Waals surface area contributed by atoms with Gasteiger partial charge in [0.25, 0.3) is 5.69 Å². The van der Waals surface area contributed by atoms with E-state index < -0.39 is 41.4 Å². The zero-order chi connectivity index (χ0) is 22.6. The van der Waals surface area contributed by atoms with E-state index in [1.165, 1.54) is 13.2 Å². The lowest BCUT2D eigenvalue weighted by atomic mass is 10.2. The molecule has 0 radical (unpaired) electrons. The van der Waals surface area contributed by atoms with Crippen LogP contribution in [-0.4, -0.2) is 95.0 Å². The number of ether oxygens (including phenoxy) is 2. The van der Waals surface area contributed by atoms with E-state index in [1.807, 2.05) is 0 Å². The van der Waals surface area contributed by atoms with Gasteiger partial charge in [0, 0.05) is 25.7 Å². The van der Waals surface area contributed by atoms with Crippen molar-refractivity contribution in [3.8, 4) is 5.75 Å². The standard InChI is InChI=1S/C18H27N3O8S2/c1-28-16-3-4-18(17(13-16)21(22)23)31(26,27)20(15-5-12-30(24,25)14-15)7-2-6-19-8-10-29-11-9-19/h3-4,13,15H,2,5-12,14H2,1H3. The van der Waals surface area contributed by atoms with Crippen LogP contribution < -0.4 is 4.74 Å². The van der Waals surface area contributed by atoms with Gasteiger partial charge < -0.3 is 9.47 Å². The van der Waals surface area contributed by atoms with E-state index in [2.05, 4.69) is 4.90 Å². The number of nitro benzene ring substituents is 1. The number of methoxy groups -OCH3 is 1. The maximum Gasteiger partial charge on any atom is 0.293 e. The first-order valence-electron chi connectivity index (χ1n) is 9.99. The van der Waals surface area contributed by atoms with E-state index in [1.54, 1.807) is 0 Å². The third kappa shape index (κ3) is 5.71. The lowest BCUT2D eigenvalue weighted by Crippen LogP contribution is -2.43. The molecule has 1 atom stereocenters. The molecule has 2 aliphatic rings. The van der Waals surface area contributed by atoms with Gasteiger partial charge in [-0.1, -0.05) is 0 Å². The molecule has 0 spiro atoms. The highest BCUT2D eigenvalue weighted by Crippen LogP contribution is 2.33. The minimum Gasteiger partial charge on any atom is -0.497 e. The van der Waals surface area contributed by atoms with E-state index in [9.17, 15) is 26.9 Å². The smallest absolute Gasteiger partial charge is 0.293 e. The van der Waals surface area contributed by atoms with Crippen LogP contribution in [0.3, 0.4) is 0 Å². The summed E-state index contributed by atoms with van der Waals surface area (Å²) >= 11 is 0. The van der Waals surface area contributed by atoms with Gasteiger partial charge in [0.2, 0.25) is 10.0 Å². The summed E-state index contributed by atoms with van der Waals surface area (Å²) in [6.45, 7) is 3.41. The molecule has 1 aromatic carbocycles. The molecule has 0 amide bonds. The SMILES string of the molecule is COc1ccc(S(=O)(=O)N(CCCN2CCOCC2)C2CCS(=O)(=O)C2)c([N+](=O)[O-])c1. The Kier molecular flexibility index (Phi) is 7.52. The van der Waals surface area contributed by atoms with Crippen LogP contribution in [0.1, 0.15) is 12.8 Å². The van der Waals surface area contributed by atoms with Crippen LogP contribution in [0.5, 0.6) is 5.75 Å². The maximum absolute atomic E-state index is 13.5. The number of sulfonamides is 1. The minimum absolute atomic E-state index is 0.0725. The largest absolute Gasteiger partial charge is 0.497 e. The van der Waals surface area contributed by atoms with Crippen molar-refractivity contribution in [3.05, 3.63) is 28.3 Å². The number of rotatable bonds is 9. The average molecular weight is 478 g/mol. The van der Waals surface area contributed by atoms with Crippen molar-refractivity contribution < 1.29 is 31.2 Å². The normalized spacial score (nSPS) is 21.9. The molecule has 2 aliphatic heterocycles. The third-order valence-corrected chi connectivity index (χ3v) is 9.27. The molecule has 31 heavy (non-hydrogen) atoms. The summed E-state index contributed by atoms with van der Waals surface area (Å²) < 4.78 is 62.4. The van der Waals surface area contributed by atoms with Crippen LogP contribution in [0, 0.1) is 10.1 Å². The molecule has 13 heteroatoms. The van der Waals surface area contributed by atoms with Crippen molar-refractivity contribution in [3.63, 3.8) is 0 Å². The highest BCUT2D eigenvalue weighted by molar-refractivity contribution is 7.92. The monoisotopic (exact) mass is 477 g/mol. The summed E-state index contributed by atoms with van der Waals surface area (Å²) in [5.74, 6) is -0.223. The molecule has 0 aliphatic carbocycles. The topological polar surface area (TPSA) is 136 Å². The van der Waals surface area contributed by atoms with E-state index in [0.29, 0.717) is 26.2 Å². The molecule has 2 saturated heterocycles. The van der Waals surface area contributed by atoms with Crippen molar-refractivity contribution in [1.82, 2.24) is 9.21 Å². The van der Waals surface area contributed by atoms with Crippen LogP contribution in [0.2, 0.25) is 0 Å². The van der Waals surface area contributed by atoms with Crippen molar-refractivity contribution in [2.75, 3.05) is 58.0 Å². The predicted octanol–water partition coefficient (Wildman–Crippen LogP) is 0.504. The summed E-state index contributed by atoms with van der Waals surface area (Å²) in [5.41, 5.74) is -0.599. The van der Waals surface area contributed by atoms with Crippen LogP contribution in [0.15, 0.2) is 23.1 Å². The summed E-state index contributed by atoms with van der Waals surface area (Å²) in [6, 6.07) is 2.80. The lowest BCUT2D eigenvalue weighted by molar-refractivity contribution is -0.387. The van der Waals surface area contributed by atoms with Crippen LogP contribution in [0.25, 0.3) is 0 Å². The second kappa shape index (κ2) is 9.77. The number of morpholine rings is 1. The second-order valence-electron chi connectivity index (χ2n) is 7.57. The summed E-state index contributed by atoms with van der Waals surface area (Å²) in [4.78, 5) is 12.5.